The molecule has 49 heavy (non-hydrogen) atoms. The third-order valence-electron chi connectivity index (χ3n) is 10.4. The molecular weight excluding hydrogens is 602 g/mol. The van der Waals surface area contributed by atoms with E-state index in [0.717, 1.165) is 44.8 Å². The van der Waals surface area contributed by atoms with Gasteiger partial charge >= 0.3 is 5.97 Å². The highest BCUT2D eigenvalue weighted by atomic mass is 16.5. The number of unbranched alkanes of at least 4 members (excludes halogenated alkanes) is 25. The summed E-state index contributed by atoms with van der Waals surface area (Å²) < 4.78 is 5.42. The van der Waals surface area contributed by atoms with E-state index in [2.05, 4.69) is 37.8 Å². The Bertz CT molecular complexity index is 650. The lowest BCUT2D eigenvalue weighted by Gasteiger charge is -2.21. The topological polar surface area (TPSA) is 49.8 Å². The first-order valence-electron chi connectivity index (χ1n) is 22.3. The highest BCUT2D eigenvalue weighted by Gasteiger charge is 2.07. The summed E-state index contributed by atoms with van der Waals surface area (Å²) in [6, 6.07) is 0. The molecule has 0 heterocycles. The average Bonchev–Trinajstić information content (AvgIpc) is 3.10. The van der Waals surface area contributed by atoms with Crippen LogP contribution in [0.15, 0.2) is 12.2 Å². The van der Waals surface area contributed by atoms with Crippen LogP contribution in [-0.4, -0.2) is 48.8 Å². The zero-order valence-electron chi connectivity index (χ0n) is 33.8. The molecular formula is C45H89NO3. The summed E-state index contributed by atoms with van der Waals surface area (Å²) in [5.41, 5.74) is 0. The van der Waals surface area contributed by atoms with Gasteiger partial charge in [-0.3, -0.25) is 4.79 Å². The summed E-state index contributed by atoms with van der Waals surface area (Å²) in [6.07, 6.45) is 47.6. The first-order valence-corrected chi connectivity index (χ1v) is 22.3. The van der Waals surface area contributed by atoms with Gasteiger partial charge in [0.2, 0.25) is 0 Å². The molecule has 4 heteroatoms. The second-order valence-electron chi connectivity index (χ2n) is 15.3. The molecule has 0 fully saturated rings. The van der Waals surface area contributed by atoms with Gasteiger partial charge in [0.25, 0.3) is 0 Å². The molecule has 0 rings (SSSR count). The van der Waals surface area contributed by atoms with Crippen LogP contribution in [0.1, 0.15) is 233 Å². The van der Waals surface area contributed by atoms with E-state index in [4.69, 9.17) is 4.74 Å². The predicted molar refractivity (Wildman–Crippen MR) is 216 cm³/mol. The number of aliphatic hydroxyl groups excluding tert-OH is 1. The molecule has 0 amide bonds. The van der Waals surface area contributed by atoms with Crippen LogP contribution in [0.2, 0.25) is 0 Å². The molecule has 0 aliphatic carbocycles. The number of aliphatic hydroxyl groups is 1. The van der Waals surface area contributed by atoms with Crippen molar-refractivity contribution in [3.8, 4) is 0 Å². The van der Waals surface area contributed by atoms with Crippen LogP contribution in [0.25, 0.3) is 0 Å². The molecule has 0 aromatic heterocycles. The van der Waals surface area contributed by atoms with Crippen LogP contribution < -0.4 is 0 Å². The van der Waals surface area contributed by atoms with Crippen molar-refractivity contribution in [1.29, 1.82) is 0 Å². The van der Waals surface area contributed by atoms with Crippen LogP contribution in [0.4, 0.5) is 0 Å². The van der Waals surface area contributed by atoms with Gasteiger partial charge < -0.3 is 14.7 Å². The van der Waals surface area contributed by atoms with Crippen LogP contribution in [0.5, 0.6) is 0 Å². The SMILES string of the molecule is CCCCCCCCCOC(=O)CCCCCCCN(CCO)CCCCCCCC=CC(CCCCCCCC)CCCCCCCC. The lowest BCUT2D eigenvalue weighted by Crippen LogP contribution is -2.29. The standard InChI is InChI=1S/C45H89NO3/c1-4-7-10-13-19-27-34-43-49-45(48)38-31-24-20-26-33-40-46(41-42-47)39-32-25-18-16-17-23-30-37-44(35-28-21-14-11-8-5-2)36-29-22-15-12-9-6-3/h30,37,44,47H,4-29,31-36,38-43H2,1-3H3. The third kappa shape index (κ3) is 38.2. The van der Waals surface area contributed by atoms with E-state index >= 15 is 0 Å². The lowest BCUT2D eigenvalue weighted by molar-refractivity contribution is -0.143. The normalized spacial score (nSPS) is 11.9. The zero-order chi connectivity index (χ0) is 35.7. The van der Waals surface area contributed by atoms with Crippen molar-refractivity contribution in [2.45, 2.75) is 233 Å². The Labute approximate surface area is 308 Å². The molecule has 0 aliphatic heterocycles. The Morgan fingerprint density at radius 2 is 0.959 bits per heavy atom. The van der Waals surface area contributed by atoms with Crippen LogP contribution in [0, 0.1) is 5.92 Å². The van der Waals surface area contributed by atoms with Crippen molar-refractivity contribution in [2.75, 3.05) is 32.8 Å². The van der Waals surface area contributed by atoms with Gasteiger partial charge in [-0.25, -0.2) is 0 Å². The fraction of sp³-hybridized carbons (Fsp3) is 0.933. The number of ether oxygens (including phenoxy) is 1. The molecule has 0 radical (unpaired) electrons. The van der Waals surface area contributed by atoms with Crippen molar-refractivity contribution < 1.29 is 14.6 Å². The van der Waals surface area contributed by atoms with E-state index in [1.54, 1.807) is 0 Å². The number of esters is 1. The molecule has 4 nitrogen and oxygen atoms in total. The molecule has 0 spiro atoms. The molecule has 0 aliphatic rings. The van der Waals surface area contributed by atoms with E-state index in [0.29, 0.717) is 13.0 Å². The number of carbonyl (C=O) groups is 1. The minimum Gasteiger partial charge on any atom is -0.466 e. The van der Waals surface area contributed by atoms with Gasteiger partial charge in [0, 0.05) is 13.0 Å². The second-order valence-corrected chi connectivity index (χ2v) is 15.3. The van der Waals surface area contributed by atoms with Crippen LogP contribution >= 0.6 is 0 Å². The molecule has 0 aromatic carbocycles. The Hall–Kier alpha value is -0.870. The number of carbonyl (C=O) groups excluding carboxylic acids is 1. The summed E-state index contributed by atoms with van der Waals surface area (Å²) in [4.78, 5) is 14.4. The maximum absolute atomic E-state index is 12.0. The molecule has 292 valence electrons. The number of allylic oxidation sites excluding steroid dienone is 2. The molecule has 0 unspecified atom stereocenters. The summed E-state index contributed by atoms with van der Waals surface area (Å²) in [5.74, 6) is 0.797. The van der Waals surface area contributed by atoms with Gasteiger partial charge in [0.15, 0.2) is 0 Å². The molecule has 0 bridgehead atoms. The van der Waals surface area contributed by atoms with Gasteiger partial charge in [-0.05, 0) is 70.4 Å². The van der Waals surface area contributed by atoms with Gasteiger partial charge in [0.05, 0.1) is 13.2 Å². The summed E-state index contributed by atoms with van der Waals surface area (Å²) in [7, 11) is 0. The van der Waals surface area contributed by atoms with E-state index in [-0.39, 0.29) is 12.6 Å². The van der Waals surface area contributed by atoms with Crippen molar-refractivity contribution in [3.05, 3.63) is 12.2 Å². The minimum absolute atomic E-state index is 0.0113. The smallest absolute Gasteiger partial charge is 0.305 e. The zero-order valence-corrected chi connectivity index (χ0v) is 33.8. The van der Waals surface area contributed by atoms with Crippen molar-refractivity contribution in [3.63, 3.8) is 0 Å². The Kier molecular flexibility index (Phi) is 40.8. The fourth-order valence-electron chi connectivity index (χ4n) is 7.06. The van der Waals surface area contributed by atoms with Crippen molar-refractivity contribution in [1.82, 2.24) is 4.90 Å². The van der Waals surface area contributed by atoms with Gasteiger partial charge in [-0.15, -0.1) is 0 Å². The average molecular weight is 692 g/mol. The summed E-state index contributed by atoms with van der Waals surface area (Å²) in [6.45, 7) is 10.7. The van der Waals surface area contributed by atoms with Gasteiger partial charge in [-0.1, -0.05) is 187 Å². The number of rotatable bonds is 41. The van der Waals surface area contributed by atoms with E-state index in [1.807, 2.05) is 0 Å². The van der Waals surface area contributed by atoms with Gasteiger partial charge in [-0.2, -0.15) is 0 Å². The van der Waals surface area contributed by atoms with Crippen LogP contribution in [-0.2, 0) is 9.53 Å². The minimum atomic E-state index is -0.0113. The monoisotopic (exact) mass is 692 g/mol. The molecule has 0 aromatic rings. The number of hydrogen-bond donors (Lipinski definition) is 1. The molecule has 0 saturated heterocycles. The highest BCUT2D eigenvalue weighted by molar-refractivity contribution is 5.69. The Balaban J connectivity index is 3.90. The lowest BCUT2D eigenvalue weighted by atomic mass is 9.93. The number of hydrogen-bond acceptors (Lipinski definition) is 4. The summed E-state index contributed by atoms with van der Waals surface area (Å²) >= 11 is 0. The maximum Gasteiger partial charge on any atom is 0.305 e. The third-order valence-corrected chi connectivity index (χ3v) is 10.4. The molecule has 0 atom stereocenters. The Morgan fingerprint density at radius 3 is 1.47 bits per heavy atom. The Morgan fingerprint density at radius 1 is 0.531 bits per heavy atom. The first kappa shape index (κ1) is 48.1. The van der Waals surface area contributed by atoms with Gasteiger partial charge in [0.1, 0.15) is 0 Å². The highest BCUT2D eigenvalue weighted by Crippen LogP contribution is 2.21. The van der Waals surface area contributed by atoms with E-state index in [1.165, 1.54) is 186 Å². The first-order chi connectivity index (χ1) is 24.2. The van der Waals surface area contributed by atoms with E-state index in [9.17, 15) is 9.90 Å². The predicted octanol–water partition coefficient (Wildman–Crippen LogP) is 13.9. The van der Waals surface area contributed by atoms with Crippen molar-refractivity contribution >= 4 is 5.97 Å². The maximum atomic E-state index is 12.0. The summed E-state index contributed by atoms with van der Waals surface area (Å²) in [5, 5.41) is 9.55. The second kappa shape index (κ2) is 41.5. The largest absolute Gasteiger partial charge is 0.466 e. The molecule has 0 saturated carbocycles. The van der Waals surface area contributed by atoms with E-state index < -0.39 is 0 Å². The quantitative estimate of drug-likeness (QED) is 0.0394. The number of nitrogens with zero attached hydrogens (tertiary/aromatic N) is 1. The van der Waals surface area contributed by atoms with Crippen molar-refractivity contribution in [2.24, 2.45) is 5.92 Å². The molecule has 1 N–H and O–H groups in total. The van der Waals surface area contributed by atoms with Crippen LogP contribution in [0.3, 0.4) is 0 Å². The fourth-order valence-corrected chi connectivity index (χ4v) is 7.06.